The van der Waals surface area contributed by atoms with E-state index in [1.165, 1.54) is 12.1 Å². The predicted molar refractivity (Wildman–Crippen MR) is 71.7 cm³/mol. The first-order valence-electron chi connectivity index (χ1n) is 6.01. The van der Waals surface area contributed by atoms with Crippen LogP contribution in [-0.4, -0.2) is 17.3 Å². The maximum atomic E-state index is 12.9. The molecule has 0 spiro atoms. The number of para-hydroxylation sites is 1. The van der Waals surface area contributed by atoms with Crippen molar-refractivity contribution in [2.45, 2.75) is 0 Å². The topological polar surface area (TPSA) is 48.2 Å². The number of hydrogen-bond donors (Lipinski definition) is 0. The summed E-state index contributed by atoms with van der Waals surface area (Å²) in [6.07, 6.45) is 0. The van der Waals surface area contributed by atoms with Crippen LogP contribution in [0.4, 0.5) is 4.39 Å². The Morgan fingerprint density at radius 1 is 1.05 bits per heavy atom. The van der Waals surface area contributed by atoms with Gasteiger partial charge in [0.25, 0.3) is 5.89 Å². The number of ether oxygens (including phenoxy) is 1. The van der Waals surface area contributed by atoms with E-state index < -0.39 is 0 Å². The van der Waals surface area contributed by atoms with Crippen LogP contribution < -0.4 is 4.74 Å². The lowest BCUT2D eigenvalue weighted by molar-refractivity contribution is 0.405. The zero-order valence-corrected chi connectivity index (χ0v) is 10.7. The second kappa shape index (κ2) is 5.13. The highest BCUT2D eigenvalue weighted by Gasteiger charge is 2.14. The van der Waals surface area contributed by atoms with Crippen molar-refractivity contribution in [2.75, 3.05) is 7.11 Å². The largest absolute Gasteiger partial charge is 0.496 e. The Labute approximate surface area is 114 Å². The average molecular weight is 270 g/mol. The number of nitrogens with zero attached hydrogens (tertiary/aromatic N) is 2. The van der Waals surface area contributed by atoms with Gasteiger partial charge in [-0.3, -0.25) is 0 Å². The van der Waals surface area contributed by atoms with E-state index in [1.54, 1.807) is 19.2 Å². The van der Waals surface area contributed by atoms with Gasteiger partial charge < -0.3 is 9.26 Å². The fourth-order valence-corrected chi connectivity index (χ4v) is 1.87. The van der Waals surface area contributed by atoms with Crippen LogP contribution in [0.3, 0.4) is 0 Å². The summed E-state index contributed by atoms with van der Waals surface area (Å²) in [5.74, 6) is 1.12. The first kappa shape index (κ1) is 12.3. The summed E-state index contributed by atoms with van der Waals surface area (Å²) in [5, 5.41) is 3.90. The highest BCUT2D eigenvalue weighted by molar-refractivity contribution is 5.65. The SMILES string of the molecule is COc1ccccc1-c1nc(-c2ccc(F)cc2)no1. The smallest absolute Gasteiger partial charge is 0.262 e. The molecule has 100 valence electrons. The molecule has 0 aliphatic rings. The van der Waals surface area contributed by atoms with Crippen molar-refractivity contribution >= 4 is 0 Å². The van der Waals surface area contributed by atoms with Crippen molar-refractivity contribution in [1.82, 2.24) is 10.1 Å². The molecule has 3 aromatic rings. The van der Waals surface area contributed by atoms with Gasteiger partial charge in [-0.25, -0.2) is 4.39 Å². The summed E-state index contributed by atoms with van der Waals surface area (Å²) in [7, 11) is 1.58. The Morgan fingerprint density at radius 2 is 1.80 bits per heavy atom. The molecule has 0 saturated heterocycles. The second-order valence-electron chi connectivity index (χ2n) is 4.13. The summed E-state index contributed by atoms with van der Waals surface area (Å²) in [5.41, 5.74) is 1.41. The summed E-state index contributed by atoms with van der Waals surface area (Å²) >= 11 is 0. The lowest BCUT2D eigenvalue weighted by atomic mass is 10.2. The van der Waals surface area contributed by atoms with E-state index in [9.17, 15) is 4.39 Å². The van der Waals surface area contributed by atoms with Crippen LogP contribution in [0.1, 0.15) is 0 Å². The van der Waals surface area contributed by atoms with Gasteiger partial charge in [0.1, 0.15) is 11.6 Å². The van der Waals surface area contributed by atoms with Gasteiger partial charge in [0.05, 0.1) is 12.7 Å². The number of benzene rings is 2. The van der Waals surface area contributed by atoms with E-state index in [0.29, 0.717) is 23.0 Å². The van der Waals surface area contributed by atoms with Gasteiger partial charge in [-0.1, -0.05) is 17.3 Å². The molecule has 0 fully saturated rings. The third-order valence-corrected chi connectivity index (χ3v) is 2.87. The summed E-state index contributed by atoms with van der Waals surface area (Å²) in [6, 6.07) is 13.3. The van der Waals surface area contributed by atoms with Gasteiger partial charge in [0.15, 0.2) is 0 Å². The quantitative estimate of drug-likeness (QED) is 0.730. The Kier molecular flexibility index (Phi) is 3.16. The third-order valence-electron chi connectivity index (χ3n) is 2.87. The monoisotopic (exact) mass is 270 g/mol. The molecule has 0 aliphatic carbocycles. The zero-order valence-electron chi connectivity index (χ0n) is 10.7. The fraction of sp³-hybridized carbons (Fsp3) is 0.0667. The van der Waals surface area contributed by atoms with Crippen molar-refractivity contribution in [3.8, 4) is 28.6 Å². The molecule has 4 nitrogen and oxygen atoms in total. The number of aromatic nitrogens is 2. The molecule has 3 rings (SSSR count). The highest BCUT2D eigenvalue weighted by Crippen LogP contribution is 2.29. The van der Waals surface area contributed by atoms with Crippen molar-refractivity contribution in [3.05, 3.63) is 54.3 Å². The fourth-order valence-electron chi connectivity index (χ4n) is 1.87. The maximum absolute atomic E-state index is 12.9. The second-order valence-corrected chi connectivity index (χ2v) is 4.13. The molecule has 5 heteroatoms. The van der Waals surface area contributed by atoms with Crippen molar-refractivity contribution in [2.24, 2.45) is 0 Å². The molecule has 1 heterocycles. The molecule has 0 radical (unpaired) electrons. The van der Waals surface area contributed by atoms with E-state index >= 15 is 0 Å². The molecular formula is C15H11FN2O2. The summed E-state index contributed by atoms with van der Waals surface area (Å²) in [6.45, 7) is 0. The Balaban J connectivity index is 2.00. The van der Waals surface area contributed by atoms with Crippen LogP contribution in [0, 0.1) is 5.82 Å². The van der Waals surface area contributed by atoms with Crippen molar-refractivity contribution in [1.29, 1.82) is 0 Å². The predicted octanol–water partition coefficient (Wildman–Crippen LogP) is 3.55. The minimum Gasteiger partial charge on any atom is -0.496 e. The number of rotatable bonds is 3. The van der Waals surface area contributed by atoms with E-state index in [4.69, 9.17) is 9.26 Å². The minimum absolute atomic E-state index is 0.304. The molecule has 0 unspecified atom stereocenters. The van der Waals surface area contributed by atoms with Crippen LogP contribution in [-0.2, 0) is 0 Å². The number of methoxy groups -OCH3 is 1. The van der Waals surface area contributed by atoms with Crippen molar-refractivity contribution in [3.63, 3.8) is 0 Å². The first-order valence-corrected chi connectivity index (χ1v) is 6.01. The van der Waals surface area contributed by atoms with Crippen LogP contribution in [0.2, 0.25) is 0 Å². The molecule has 0 amide bonds. The first-order chi connectivity index (χ1) is 9.78. The molecule has 2 aromatic carbocycles. The van der Waals surface area contributed by atoms with Crippen LogP contribution >= 0.6 is 0 Å². The lowest BCUT2D eigenvalue weighted by Crippen LogP contribution is -1.87. The van der Waals surface area contributed by atoms with Gasteiger partial charge in [-0.2, -0.15) is 4.98 Å². The third kappa shape index (κ3) is 2.25. The van der Waals surface area contributed by atoms with Gasteiger partial charge in [0, 0.05) is 5.56 Å². The number of halogens is 1. The van der Waals surface area contributed by atoms with Gasteiger partial charge >= 0.3 is 0 Å². The van der Waals surface area contributed by atoms with Gasteiger partial charge in [0.2, 0.25) is 5.82 Å². The van der Waals surface area contributed by atoms with E-state index in [-0.39, 0.29) is 5.82 Å². The number of hydrogen-bond acceptors (Lipinski definition) is 4. The molecule has 0 N–H and O–H groups in total. The average Bonchev–Trinajstić information content (AvgIpc) is 2.97. The maximum Gasteiger partial charge on any atom is 0.262 e. The molecular weight excluding hydrogens is 259 g/mol. The normalized spacial score (nSPS) is 10.5. The molecule has 0 aliphatic heterocycles. The zero-order chi connectivity index (χ0) is 13.9. The molecule has 0 bridgehead atoms. The molecule has 0 atom stereocenters. The van der Waals surface area contributed by atoms with Gasteiger partial charge in [-0.15, -0.1) is 0 Å². The van der Waals surface area contributed by atoms with Crippen LogP contribution in [0.5, 0.6) is 5.75 Å². The van der Waals surface area contributed by atoms with Crippen LogP contribution in [0.25, 0.3) is 22.8 Å². The molecule has 0 saturated carbocycles. The Hall–Kier alpha value is -2.69. The van der Waals surface area contributed by atoms with Crippen LogP contribution in [0.15, 0.2) is 53.1 Å². The summed E-state index contributed by atoms with van der Waals surface area (Å²) in [4.78, 5) is 4.31. The van der Waals surface area contributed by atoms with E-state index in [2.05, 4.69) is 10.1 Å². The molecule has 20 heavy (non-hydrogen) atoms. The summed E-state index contributed by atoms with van der Waals surface area (Å²) < 4.78 is 23.4. The van der Waals surface area contributed by atoms with E-state index in [0.717, 1.165) is 5.56 Å². The Bertz CT molecular complexity index is 723. The van der Waals surface area contributed by atoms with Gasteiger partial charge in [-0.05, 0) is 36.4 Å². The standard InChI is InChI=1S/C15H11FN2O2/c1-19-13-5-3-2-4-12(13)15-17-14(18-20-15)10-6-8-11(16)9-7-10/h2-9H,1H3. The Morgan fingerprint density at radius 3 is 2.55 bits per heavy atom. The van der Waals surface area contributed by atoms with E-state index in [1.807, 2.05) is 24.3 Å². The minimum atomic E-state index is -0.304. The molecule has 1 aromatic heterocycles. The van der Waals surface area contributed by atoms with Crippen molar-refractivity contribution < 1.29 is 13.7 Å². The lowest BCUT2D eigenvalue weighted by Gasteiger charge is -2.02. The highest BCUT2D eigenvalue weighted by atomic mass is 19.1.